The van der Waals surface area contributed by atoms with Crippen molar-refractivity contribution >= 4 is 40.2 Å². The molecule has 8 heteroatoms. The van der Waals surface area contributed by atoms with Crippen LogP contribution in [0.4, 0.5) is 0 Å². The normalized spacial score (nSPS) is 11.5. The average molecular weight is 358 g/mol. The minimum atomic E-state index is -0.248. The van der Waals surface area contributed by atoms with E-state index >= 15 is 0 Å². The van der Waals surface area contributed by atoms with Gasteiger partial charge in [-0.2, -0.15) is 0 Å². The van der Waals surface area contributed by atoms with E-state index in [0.29, 0.717) is 32.7 Å². The summed E-state index contributed by atoms with van der Waals surface area (Å²) in [6.07, 6.45) is 6.84. The van der Waals surface area contributed by atoms with Gasteiger partial charge < -0.3 is 0 Å². The van der Waals surface area contributed by atoms with Crippen LogP contribution in [0.3, 0.4) is 0 Å². The van der Waals surface area contributed by atoms with Gasteiger partial charge >= 0.3 is 0 Å². The molecule has 4 aromatic rings. The number of aryl methyl sites for hydroxylation is 1. The number of hydrogen-bond donors (Lipinski definition) is 0. The monoisotopic (exact) mass is 357 g/mol. The molecule has 0 aliphatic rings. The van der Waals surface area contributed by atoms with Gasteiger partial charge in [0.05, 0.1) is 10.7 Å². The summed E-state index contributed by atoms with van der Waals surface area (Å²) in [6, 6.07) is 5.54. The van der Waals surface area contributed by atoms with Gasteiger partial charge in [0, 0.05) is 18.6 Å². The number of thioether (sulfide) groups is 1. The maximum atomic E-state index is 13.0. The maximum Gasteiger partial charge on any atom is 0.270 e. The molecule has 0 atom stereocenters. The van der Waals surface area contributed by atoms with Gasteiger partial charge in [0.1, 0.15) is 5.39 Å². The van der Waals surface area contributed by atoms with E-state index in [9.17, 15) is 4.79 Å². The Morgan fingerprint density at radius 2 is 2.08 bits per heavy atom. The number of aromatic nitrogens is 5. The first-order chi connectivity index (χ1) is 11.6. The predicted molar refractivity (Wildman–Crippen MR) is 95.4 cm³/mol. The van der Waals surface area contributed by atoms with E-state index in [2.05, 4.69) is 15.0 Å². The van der Waals surface area contributed by atoms with Crippen molar-refractivity contribution in [3.05, 3.63) is 57.7 Å². The molecule has 0 aliphatic heterocycles. The first-order valence-electron chi connectivity index (χ1n) is 7.15. The molecule has 0 amide bonds. The van der Waals surface area contributed by atoms with Crippen LogP contribution in [0.25, 0.3) is 22.5 Å². The Morgan fingerprint density at radius 3 is 2.83 bits per heavy atom. The standard InChI is InChI=1S/C16H12ClN5OS/c1-9-3-4-12(11(17)7-9)22-14(23)10-8-19-15(24-2)20-13(10)21-6-5-18-16(21)22/h3-8H,1-2H3. The van der Waals surface area contributed by atoms with Crippen molar-refractivity contribution in [2.75, 3.05) is 6.26 Å². The molecular weight excluding hydrogens is 346 g/mol. The van der Waals surface area contributed by atoms with Gasteiger partial charge in [0.25, 0.3) is 5.56 Å². The van der Waals surface area contributed by atoms with Crippen molar-refractivity contribution in [3.63, 3.8) is 0 Å². The van der Waals surface area contributed by atoms with Crippen molar-refractivity contribution in [1.82, 2.24) is 23.9 Å². The van der Waals surface area contributed by atoms with Crippen LogP contribution in [0.1, 0.15) is 5.56 Å². The largest absolute Gasteiger partial charge is 0.270 e. The van der Waals surface area contributed by atoms with E-state index in [0.717, 1.165) is 5.56 Å². The number of rotatable bonds is 2. The molecule has 0 fully saturated rings. The summed E-state index contributed by atoms with van der Waals surface area (Å²) >= 11 is 7.79. The second-order valence-corrected chi connectivity index (χ2v) is 6.47. The molecule has 0 N–H and O–H groups in total. The molecule has 0 radical (unpaired) electrons. The molecule has 0 saturated carbocycles. The van der Waals surface area contributed by atoms with Crippen LogP contribution in [0.5, 0.6) is 0 Å². The molecule has 0 unspecified atom stereocenters. The van der Waals surface area contributed by atoms with Gasteiger partial charge in [-0.1, -0.05) is 29.4 Å². The topological polar surface area (TPSA) is 65.1 Å². The maximum absolute atomic E-state index is 13.0. The van der Waals surface area contributed by atoms with Gasteiger partial charge in [-0.05, 0) is 30.9 Å². The minimum absolute atomic E-state index is 0.248. The fourth-order valence-electron chi connectivity index (χ4n) is 2.64. The van der Waals surface area contributed by atoms with E-state index in [1.807, 2.05) is 31.4 Å². The highest BCUT2D eigenvalue weighted by Gasteiger charge is 2.16. The Bertz CT molecular complexity index is 1150. The number of imidazole rings is 1. The molecule has 0 bridgehead atoms. The summed E-state index contributed by atoms with van der Waals surface area (Å²) in [7, 11) is 0. The lowest BCUT2D eigenvalue weighted by Crippen LogP contribution is -2.22. The van der Waals surface area contributed by atoms with Crippen LogP contribution < -0.4 is 5.56 Å². The van der Waals surface area contributed by atoms with Crippen molar-refractivity contribution < 1.29 is 0 Å². The third-order valence-electron chi connectivity index (χ3n) is 3.76. The molecule has 0 aliphatic carbocycles. The Hall–Kier alpha value is -2.38. The van der Waals surface area contributed by atoms with Gasteiger partial charge in [-0.15, -0.1) is 0 Å². The number of benzene rings is 1. The summed E-state index contributed by atoms with van der Waals surface area (Å²) in [5.41, 5.74) is 1.89. The number of hydrogen-bond acceptors (Lipinski definition) is 5. The highest BCUT2D eigenvalue weighted by atomic mass is 35.5. The summed E-state index contributed by atoms with van der Waals surface area (Å²) in [5, 5.41) is 1.50. The number of halogens is 1. The lowest BCUT2D eigenvalue weighted by Gasteiger charge is -2.12. The summed E-state index contributed by atoms with van der Waals surface area (Å²) in [6.45, 7) is 1.95. The van der Waals surface area contributed by atoms with Crippen LogP contribution in [0.15, 0.2) is 46.7 Å². The van der Waals surface area contributed by atoms with Crippen LogP contribution in [-0.2, 0) is 0 Å². The zero-order chi connectivity index (χ0) is 16.8. The Balaban J connectivity index is 2.18. The van der Waals surface area contributed by atoms with Gasteiger partial charge in [-0.25, -0.2) is 19.5 Å². The fraction of sp³-hybridized carbons (Fsp3) is 0.125. The SMILES string of the molecule is CSc1ncc2c(=O)n(-c3ccc(C)cc3Cl)c3nccn3c2n1. The third-order valence-corrected chi connectivity index (χ3v) is 4.62. The zero-order valence-electron chi connectivity index (χ0n) is 12.9. The first-order valence-corrected chi connectivity index (χ1v) is 8.76. The quantitative estimate of drug-likeness (QED) is 0.407. The van der Waals surface area contributed by atoms with E-state index in [-0.39, 0.29) is 5.56 Å². The second-order valence-electron chi connectivity index (χ2n) is 5.29. The smallest absolute Gasteiger partial charge is 0.268 e. The van der Waals surface area contributed by atoms with Gasteiger partial charge in [0.15, 0.2) is 10.8 Å². The molecule has 0 spiro atoms. The van der Waals surface area contributed by atoms with Gasteiger partial charge in [0.2, 0.25) is 5.78 Å². The Kier molecular flexibility index (Phi) is 3.54. The zero-order valence-corrected chi connectivity index (χ0v) is 14.5. The molecular formula is C16H12ClN5OS. The van der Waals surface area contributed by atoms with Crippen LogP contribution in [0, 0.1) is 6.92 Å². The van der Waals surface area contributed by atoms with Crippen molar-refractivity contribution in [1.29, 1.82) is 0 Å². The van der Waals surface area contributed by atoms with Crippen molar-refractivity contribution in [2.24, 2.45) is 0 Å². The Labute approximate surface area is 146 Å². The molecule has 4 rings (SSSR count). The fourth-order valence-corrected chi connectivity index (χ4v) is 3.29. The van der Waals surface area contributed by atoms with Crippen LogP contribution in [0.2, 0.25) is 5.02 Å². The predicted octanol–water partition coefficient (Wildman–Crippen LogP) is 3.11. The molecule has 1 aromatic carbocycles. The number of fused-ring (bicyclic) bond motifs is 3. The van der Waals surface area contributed by atoms with E-state index in [1.54, 1.807) is 23.0 Å². The summed E-state index contributed by atoms with van der Waals surface area (Å²) in [4.78, 5) is 26.0. The molecule has 0 saturated heterocycles. The van der Waals surface area contributed by atoms with Crippen molar-refractivity contribution in [3.8, 4) is 5.69 Å². The highest BCUT2D eigenvalue weighted by Crippen LogP contribution is 2.23. The molecule has 3 aromatic heterocycles. The Morgan fingerprint density at radius 1 is 1.25 bits per heavy atom. The lowest BCUT2D eigenvalue weighted by molar-refractivity contribution is 0.926. The molecule has 3 heterocycles. The molecule has 120 valence electrons. The van der Waals surface area contributed by atoms with Crippen LogP contribution >= 0.6 is 23.4 Å². The average Bonchev–Trinajstić information content (AvgIpc) is 3.05. The lowest BCUT2D eigenvalue weighted by atomic mass is 10.2. The van der Waals surface area contributed by atoms with Crippen LogP contribution in [-0.4, -0.2) is 30.2 Å². The molecule has 24 heavy (non-hydrogen) atoms. The van der Waals surface area contributed by atoms with Gasteiger partial charge in [-0.3, -0.25) is 9.20 Å². The minimum Gasteiger partial charge on any atom is -0.268 e. The van der Waals surface area contributed by atoms with E-state index < -0.39 is 0 Å². The van der Waals surface area contributed by atoms with E-state index in [1.165, 1.54) is 16.3 Å². The second kappa shape index (κ2) is 5.61. The van der Waals surface area contributed by atoms with E-state index in [4.69, 9.17) is 11.6 Å². The first kappa shape index (κ1) is 15.2. The highest BCUT2D eigenvalue weighted by molar-refractivity contribution is 7.98. The van der Waals surface area contributed by atoms with Crippen molar-refractivity contribution in [2.45, 2.75) is 12.1 Å². The number of nitrogens with zero attached hydrogens (tertiary/aromatic N) is 5. The summed E-state index contributed by atoms with van der Waals surface area (Å²) in [5.74, 6) is 0.462. The third kappa shape index (κ3) is 2.20. The summed E-state index contributed by atoms with van der Waals surface area (Å²) < 4.78 is 3.26. The molecule has 6 nitrogen and oxygen atoms in total.